The molecule has 0 saturated carbocycles. The molecule has 1 aliphatic rings. The molecule has 1 aliphatic carbocycles. The largest absolute Gasteiger partial charge is 0.289 e. The maximum Gasteiger partial charge on any atom is 0.195 e. The molecule has 1 nitrogen and oxygen atoms in total. The number of benzene rings is 7. The average Bonchev–Trinajstić information content (AvgIpc) is 3.29. The van der Waals surface area contributed by atoms with Gasteiger partial charge in [-0.05, 0) is 54.2 Å². The molecule has 1 heteroatoms. The highest BCUT2D eigenvalue weighted by molar-refractivity contribution is 6.47. The molecule has 7 aromatic carbocycles. The molecular weight excluding hydrogens is 460 g/mol. The van der Waals surface area contributed by atoms with Crippen molar-refractivity contribution in [1.29, 1.82) is 0 Å². The Bertz CT molecular complexity index is 2080. The molecule has 0 unspecified atom stereocenters. The summed E-state index contributed by atoms with van der Waals surface area (Å²) in [7, 11) is 0. The molecule has 0 spiro atoms. The van der Waals surface area contributed by atoms with Crippen LogP contribution in [0.3, 0.4) is 0 Å². The summed E-state index contributed by atoms with van der Waals surface area (Å²) in [6, 6.07) is 46.3. The lowest BCUT2D eigenvalue weighted by molar-refractivity contribution is -0.108. The summed E-state index contributed by atoms with van der Waals surface area (Å²) in [5.41, 5.74) is 3.57. The maximum absolute atomic E-state index is 14.9. The molecule has 0 saturated heterocycles. The molecule has 8 rings (SSSR count). The van der Waals surface area contributed by atoms with Crippen molar-refractivity contribution in [1.82, 2.24) is 0 Å². The van der Waals surface area contributed by atoms with Crippen LogP contribution in [0.15, 0.2) is 133 Å². The van der Waals surface area contributed by atoms with Gasteiger partial charge in [-0.3, -0.25) is 4.79 Å². The quantitative estimate of drug-likeness (QED) is 0.237. The Hall–Kier alpha value is -5.01. The van der Waals surface area contributed by atoms with Gasteiger partial charge in [0.25, 0.3) is 0 Å². The van der Waals surface area contributed by atoms with Crippen molar-refractivity contribution >= 4 is 60.0 Å². The van der Waals surface area contributed by atoms with E-state index >= 15 is 0 Å². The van der Waals surface area contributed by atoms with E-state index in [0.717, 1.165) is 65.0 Å². The highest BCUT2D eigenvalue weighted by atomic mass is 16.1. The minimum absolute atomic E-state index is 0.0919. The van der Waals surface area contributed by atoms with Gasteiger partial charge in [0.2, 0.25) is 0 Å². The van der Waals surface area contributed by atoms with Crippen LogP contribution in [0.1, 0.15) is 11.1 Å². The van der Waals surface area contributed by atoms with Crippen LogP contribution >= 0.6 is 0 Å². The van der Waals surface area contributed by atoms with Gasteiger partial charge >= 0.3 is 0 Å². The van der Waals surface area contributed by atoms with Crippen LogP contribution in [0.2, 0.25) is 0 Å². The summed E-state index contributed by atoms with van der Waals surface area (Å²) in [5.74, 6) is 0.0919. The molecule has 7 aromatic rings. The first-order chi connectivity index (χ1) is 18.8. The predicted octanol–water partition coefficient (Wildman–Crippen LogP) is 7.28. The summed E-state index contributed by atoms with van der Waals surface area (Å²) in [6.45, 7) is 0. The molecule has 0 atom stereocenters. The average molecular weight is 483 g/mol. The number of ketones is 1. The van der Waals surface area contributed by atoms with E-state index < -0.39 is 0 Å². The second kappa shape index (κ2) is 7.99. The number of carbonyl (C=O) groups excluding carboxylic acids is 1. The lowest BCUT2D eigenvalue weighted by Crippen LogP contribution is -2.27. The van der Waals surface area contributed by atoms with Crippen molar-refractivity contribution in [2.45, 2.75) is 0 Å². The lowest BCUT2D eigenvalue weighted by atomic mass is 9.91. The van der Waals surface area contributed by atoms with Crippen molar-refractivity contribution < 1.29 is 4.79 Å². The molecule has 0 heterocycles. The molecular formula is C37H22O. The number of fused-ring (bicyclic) bond motifs is 8. The number of Topliss-reactive ketones (excluding diaryl/α,β-unsaturated/α-hetero) is 1. The molecule has 0 fully saturated rings. The van der Waals surface area contributed by atoms with Gasteiger partial charge < -0.3 is 0 Å². The summed E-state index contributed by atoms with van der Waals surface area (Å²) in [5, 5.41) is 11.1. The zero-order valence-corrected chi connectivity index (χ0v) is 20.6. The second-order valence-electron chi connectivity index (χ2n) is 9.97. The van der Waals surface area contributed by atoms with Gasteiger partial charge in [0.1, 0.15) is 0 Å². The van der Waals surface area contributed by atoms with Crippen LogP contribution in [0.5, 0.6) is 0 Å². The van der Waals surface area contributed by atoms with Gasteiger partial charge in [0, 0.05) is 21.6 Å². The monoisotopic (exact) mass is 482 g/mol. The number of hydrogen-bond acceptors (Lipinski definition) is 1. The molecule has 0 amide bonds. The fourth-order valence-electron chi connectivity index (χ4n) is 6.41. The smallest absolute Gasteiger partial charge is 0.195 e. The third-order valence-corrected chi connectivity index (χ3v) is 8.01. The van der Waals surface area contributed by atoms with Gasteiger partial charge in [0.15, 0.2) is 5.78 Å². The van der Waals surface area contributed by atoms with E-state index in [9.17, 15) is 4.79 Å². The van der Waals surface area contributed by atoms with E-state index in [4.69, 9.17) is 0 Å². The first kappa shape index (κ1) is 21.1. The van der Waals surface area contributed by atoms with Crippen LogP contribution in [-0.4, -0.2) is 5.78 Å². The van der Waals surface area contributed by atoms with E-state index in [1.807, 2.05) is 0 Å². The van der Waals surface area contributed by atoms with Crippen molar-refractivity contribution in [2.75, 3.05) is 0 Å². The Balaban J connectivity index is 1.69. The predicted molar refractivity (Wildman–Crippen MR) is 159 cm³/mol. The normalized spacial score (nSPS) is 13.2. The lowest BCUT2D eigenvalue weighted by Gasteiger charge is -2.11. The minimum atomic E-state index is 0.0919. The van der Waals surface area contributed by atoms with E-state index in [-0.39, 0.29) is 5.78 Å². The number of hydrogen-bond donors (Lipinski definition) is 0. The highest BCUT2D eigenvalue weighted by Gasteiger charge is 2.30. The molecule has 0 bridgehead atoms. The molecule has 0 N–H and O–H groups in total. The van der Waals surface area contributed by atoms with E-state index in [0.29, 0.717) is 0 Å². The zero-order chi connectivity index (χ0) is 25.2. The zero-order valence-electron chi connectivity index (χ0n) is 20.6. The molecule has 0 aliphatic heterocycles. The van der Waals surface area contributed by atoms with E-state index in [1.165, 1.54) is 10.8 Å². The molecule has 176 valence electrons. The highest BCUT2D eigenvalue weighted by Crippen LogP contribution is 2.34. The first-order valence-electron chi connectivity index (χ1n) is 13.0. The summed E-state index contributed by atoms with van der Waals surface area (Å²) < 4.78 is 0. The van der Waals surface area contributed by atoms with Gasteiger partial charge in [0.05, 0.1) is 0 Å². The van der Waals surface area contributed by atoms with Crippen molar-refractivity contribution in [2.24, 2.45) is 0 Å². The Kier molecular flexibility index (Phi) is 4.44. The second-order valence-corrected chi connectivity index (χ2v) is 9.97. The topological polar surface area (TPSA) is 17.1 Å². The Labute approximate surface area is 219 Å². The number of rotatable bonds is 2. The SMILES string of the molecule is O=C1C(c2cccc3ccccc23)=c2c(c3ccccc3c3ccccc23)=C1c1cccc2ccccc12. The summed E-state index contributed by atoms with van der Waals surface area (Å²) in [6.07, 6.45) is 0. The molecule has 38 heavy (non-hydrogen) atoms. The van der Waals surface area contributed by atoms with Crippen LogP contribution < -0.4 is 10.4 Å². The third kappa shape index (κ3) is 2.84. The first-order valence-corrected chi connectivity index (χ1v) is 13.0. The Morgan fingerprint density at radius 2 is 0.658 bits per heavy atom. The minimum Gasteiger partial charge on any atom is -0.289 e. The Morgan fingerprint density at radius 3 is 1.11 bits per heavy atom. The summed E-state index contributed by atoms with van der Waals surface area (Å²) >= 11 is 0. The van der Waals surface area contributed by atoms with E-state index in [1.54, 1.807) is 0 Å². The fourth-order valence-corrected chi connectivity index (χ4v) is 6.41. The van der Waals surface area contributed by atoms with Crippen molar-refractivity contribution in [3.05, 3.63) is 155 Å². The van der Waals surface area contributed by atoms with Gasteiger partial charge in [-0.2, -0.15) is 0 Å². The van der Waals surface area contributed by atoms with Crippen LogP contribution in [-0.2, 0) is 4.79 Å². The third-order valence-electron chi connectivity index (χ3n) is 8.01. The fraction of sp³-hybridized carbons (Fsp3) is 0. The standard InChI is InChI=1S/C37H22O/c38-37-35(29-21-9-13-23-11-1-3-15-25(23)29)33-31-19-7-5-17-27(31)28-18-6-8-20-32(28)34(33)36(37)30-22-10-14-24-12-2-4-16-26(24)30/h1-22H. The van der Waals surface area contributed by atoms with Crippen molar-refractivity contribution in [3.63, 3.8) is 0 Å². The molecule has 0 aromatic heterocycles. The Morgan fingerprint density at radius 1 is 0.316 bits per heavy atom. The van der Waals surface area contributed by atoms with Crippen LogP contribution in [0.4, 0.5) is 0 Å². The van der Waals surface area contributed by atoms with Crippen LogP contribution in [0.25, 0.3) is 54.2 Å². The van der Waals surface area contributed by atoms with Crippen molar-refractivity contribution in [3.8, 4) is 0 Å². The molecule has 0 radical (unpaired) electrons. The number of carbonyl (C=O) groups is 1. The van der Waals surface area contributed by atoms with E-state index in [2.05, 4.69) is 133 Å². The van der Waals surface area contributed by atoms with Gasteiger partial charge in [-0.1, -0.05) is 133 Å². The van der Waals surface area contributed by atoms with Crippen LogP contribution in [0, 0.1) is 0 Å². The maximum atomic E-state index is 14.9. The van der Waals surface area contributed by atoms with Gasteiger partial charge in [-0.15, -0.1) is 0 Å². The van der Waals surface area contributed by atoms with Gasteiger partial charge in [-0.25, -0.2) is 0 Å². The summed E-state index contributed by atoms with van der Waals surface area (Å²) in [4.78, 5) is 14.9.